The van der Waals surface area contributed by atoms with Crippen molar-refractivity contribution in [1.29, 1.82) is 0 Å². The maximum atomic E-state index is 13.7. The smallest absolute Gasteiger partial charge is 0.238 e. The van der Waals surface area contributed by atoms with Crippen LogP contribution < -0.4 is 5.32 Å². The largest absolute Gasteiger partial charge is 0.342 e. The van der Waals surface area contributed by atoms with E-state index in [1.165, 1.54) is 18.2 Å². The molecule has 6 nitrogen and oxygen atoms in total. The van der Waals surface area contributed by atoms with Crippen LogP contribution in [0.4, 0.5) is 10.1 Å². The van der Waals surface area contributed by atoms with Crippen LogP contribution in [0.3, 0.4) is 0 Å². The molecule has 1 aromatic carbocycles. The maximum absolute atomic E-state index is 13.7. The number of carbonyl (C=O) groups is 2. The highest BCUT2D eigenvalue weighted by Gasteiger charge is 2.24. The molecule has 142 valence electrons. The van der Waals surface area contributed by atoms with E-state index in [2.05, 4.69) is 10.2 Å². The number of rotatable bonds is 5. The van der Waals surface area contributed by atoms with E-state index in [1.807, 2.05) is 9.80 Å². The van der Waals surface area contributed by atoms with Gasteiger partial charge in [-0.3, -0.25) is 19.4 Å². The van der Waals surface area contributed by atoms with Gasteiger partial charge in [0.2, 0.25) is 11.8 Å². The molecule has 2 aliphatic rings. The van der Waals surface area contributed by atoms with Crippen LogP contribution in [-0.4, -0.2) is 78.9 Å². The van der Waals surface area contributed by atoms with Gasteiger partial charge in [0, 0.05) is 44.3 Å². The van der Waals surface area contributed by atoms with Crippen molar-refractivity contribution in [3.05, 3.63) is 29.0 Å². The highest BCUT2D eigenvalue weighted by atomic mass is 35.5. The number of nitrogens with one attached hydrogen (secondary N) is 1. The van der Waals surface area contributed by atoms with Crippen molar-refractivity contribution >= 4 is 29.1 Å². The van der Waals surface area contributed by atoms with E-state index in [4.69, 9.17) is 11.6 Å². The van der Waals surface area contributed by atoms with Crippen LogP contribution in [0.2, 0.25) is 5.02 Å². The Balaban J connectivity index is 1.40. The number of benzene rings is 1. The molecule has 1 aromatic rings. The fourth-order valence-corrected chi connectivity index (χ4v) is 3.51. The average Bonchev–Trinajstić information content (AvgIpc) is 3.14. The van der Waals surface area contributed by atoms with E-state index in [0.29, 0.717) is 24.7 Å². The van der Waals surface area contributed by atoms with E-state index in [0.717, 1.165) is 39.0 Å². The number of nitrogens with zero attached hydrogens (tertiary/aromatic N) is 3. The number of halogens is 2. The van der Waals surface area contributed by atoms with Gasteiger partial charge in [-0.15, -0.1) is 0 Å². The van der Waals surface area contributed by atoms with Crippen LogP contribution in [0.15, 0.2) is 18.2 Å². The zero-order chi connectivity index (χ0) is 18.5. The molecule has 0 radical (unpaired) electrons. The number of anilines is 1. The molecule has 8 heteroatoms. The van der Waals surface area contributed by atoms with Crippen LogP contribution in [0.25, 0.3) is 0 Å². The summed E-state index contributed by atoms with van der Waals surface area (Å²) in [6, 6.07) is 4.17. The first kappa shape index (κ1) is 19.1. The van der Waals surface area contributed by atoms with Gasteiger partial charge in [-0.25, -0.2) is 4.39 Å². The molecule has 26 heavy (non-hydrogen) atoms. The number of carbonyl (C=O) groups excluding carboxylic acids is 2. The third-order valence-electron chi connectivity index (χ3n) is 4.85. The fraction of sp³-hybridized carbons (Fsp3) is 0.556. The summed E-state index contributed by atoms with van der Waals surface area (Å²) in [4.78, 5) is 30.4. The number of likely N-dealkylation sites (tertiary alicyclic amines) is 1. The summed E-state index contributed by atoms with van der Waals surface area (Å²) in [5.74, 6) is -0.601. The minimum Gasteiger partial charge on any atom is -0.342 e. The molecule has 2 aliphatic heterocycles. The molecule has 2 saturated heterocycles. The molecular weight excluding hydrogens is 359 g/mol. The Bertz CT molecular complexity index is 659. The molecule has 1 N–H and O–H groups in total. The Morgan fingerprint density at radius 2 is 1.62 bits per heavy atom. The standard InChI is InChI=1S/C18H24ClFN4O2/c19-14-3-4-16(15(20)11-14)21-17(25)12-22-7-9-23(10-8-22)13-18(26)24-5-1-2-6-24/h3-4,11H,1-2,5-10,12-13H2,(H,21,25). The van der Waals surface area contributed by atoms with Crippen molar-refractivity contribution < 1.29 is 14.0 Å². The van der Waals surface area contributed by atoms with Gasteiger partial charge in [0.05, 0.1) is 18.8 Å². The average molecular weight is 383 g/mol. The summed E-state index contributed by atoms with van der Waals surface area (Å²) >= 11 is 5.71. The fourth-order valence-electron chi connectivity index (χ4n) is 3.35. The Morgan fingerprint density at radius 3 is 2.23 bits per heavy atom. The Kier molecular flexibility index (Phi) is 6.45. The first-order valence-corrected chi connectivity index (χ1v) is 9.36. The van der Waals surface area contributed by atoms with E-state index in [1.54, 1.807) is 0 Å². The van der Waals surface area contributed by atoms with Gasteiger partial charge in [-0.1, -0.05) is 11.6 Å². The second-order valence-electron chi connectivity index (χ2n) is 6.81. The lowest BCUT2D eigenvalue weighted by Crippen LogP contribution is -2.51. The van der Waals surface area contributed by atoms with Crippen molar-refractivity contribution in [2.45, 2.75) is 12.8 Å². The van der Waals surface area contributed by atoms with Crippen molar-refractivity contribution in [3.8, 4) is 0 Å². The minimum absolute atomic E-state index is 0.134. The molecule has 2 fully saturated rings. The van der Waals surface area contributed by atoms with Crippen LogP contribution in [0.1, 0.15) is 12.8 Å². The van der Waals surface area contributed by atoms with Gasteiger partial charge >= 0.3 is 0 Å². The maximum Gasteiger partial charge on any atom is 0.238 e. The highest BCUT2D eigenvalue weighted by molar-refractivity contribution is 6.30. The van der Waals surface area contributed by atoms with Crippen molar-refractivity contribution in [2.24, 2.45) is 0 Å². The summed E-state index contributed by atoms with van der Waals surface area (Å²) < 4.78 is 13.7. The van der Waals surface area contributed by atoms with Crippen molar-refractivity contribution in [3.63, 3.8) is 0 Å². The Labute approximate surface area is 157 Å². The third kappa shape index (κ3) is 5.16. The Hall–Kier alpha value is -1.70. The lowest BCUT2D eigenvalue weighted by Gasteiger charge is -2.34. The molecule has 0 bridgehead atoms. The molecule has 2 amide bonds. The zero-order valence-corrected chi connectivity index (χ0v) is 15.5. The summed E-state index contributed by atoms with van der Waals surface area (Å²) in [6.07, 6.45) is 2.20. The second-order valence-corrected chi connectivity index (χ2v) is 7.25. The first-order valence-electron chi connectivity index (χ1n) is 8.98. The van der Waals surface area contributed by atoms with Gasteiger partial charge in [-0.2, -0.15) is 0 Å². The molecule has 0 saturated carbocycles. The van der Waals surface area contributed by atoms with Gasteiger partial charge < -0.3 is 10.2 Å². The predicted molar refractivity (Wildman–Crippen MR) is 98.7 cm³/mol. The molecule has 3 rings (SSSR count). The van der Waals surface area contributed by atoms with Crippen LogP contribution >= 0.6 is 11.6 Å². The SMILES string of the molecule is O=C(CN1CCN(CC(=O)N2CCCC2)CC1)Nc1ccc(Cl)cc1F. The van der Waals surface area contributed by atoms with Crippen molar-refractivity contribution in [2.75, 3.05) is 57.7 Å². The van der Waals surface area contributed by atoms with E-state index in [9.17, 15) is 14.0 Å². The quantitative estimate of drug-likeness (QED) is 0.841. The van der Waals surface area contributed by atoms with Gasteiger partial charge in [0.25, 0.3) is 0 Å². The summed E-state index contributed by atoms with van der Waals surface area (Å²) in [7, 11) is 0. The number of hydrogen-bond donors (Lipinski definition) is 1. The lowest BCUT2D eigenvalue weighted by molar-refractivity contribution is -0.132. The summed E-state index contributed by atoms with van der Waals surface area (Å²) in [6.45, 7) is 5.34. The van der Waals surface area contributed by atoms with E-state index in [-0.39, 0.29) is 24.0 Å². The van der Waals surface area contributed by atoms with Gasteiger partial charge in [0.1, 0.15) is 5.82 Å². The summed E-state index contributed by atoms with van der Waals surface area (Å²) in [5, 5.41) is 2.87. The topological polar surface area (TPSA) is 55.9 Å². The van der Waals surface area contributed by atoms with E-state index < -0.39 is 5.82 Å². The third-order valence-corrected chi connectivity index (χ3v) is 5.09. The van der Waals surface area contributed by atoms with Gasteiger partial charge in [-0.05, 0) is 31.0 Å². The highest BCUT2D eigenvalue weighted by Crippen LogP contribution is 2.18. The Morgan fingerprint density at radius 1 is 1.00 bits per heavy atom. The molecular formula is C18H24ClFN4O2. The van der Waals surface area contributed by atoms with Gasteiger partial charge in [0.15, 0.2) is 0 Å². The number of amides is 2. The molecule has 0 aromatic heterocycles. The number of hydrogen-bond acceptors (Lipinski definition) is 4. The first-order chi connectivity index (χ1) is 12.5. The van der Waals surface area contributed by atoms with E-state index >= 15 is 0 Å². The second kappa shape index (κ2) is 8.79. The lowest BCUT2D eigenvalue weighted by atomic mass is 10.2. The molecule has 0 unspecified atom stereocenters. The monoisotopic (exact) mass is 382 g/mol. The molecule has 2 heterocycles. The predicted octanol–water partition coefficient (Wildman–Crippen LogP) is 1.66. The number of piperazine rings is 1. The summed E-state index contributed by atoms with van der Waals surface area (Å²) in [5.41, 5.74) is 0.134. The van der Waals surface area contributed by atoms with Crippen LogP contribution in [0.5, 0.6) is 0 Å². The molecule has 0 aliphatic carbocycles. The molecule has 0 spiro atoms. The normalized spacial score (nSPS) is 18.9. The minimum atomic E-state index is -0.545. The molecule has 0 atom stereocenters. The zero-order valence-electron chi connectivity index (χ0n) is 14.7. The van der Waals surface area contributed by atoms with Crippen LogP contribution in [0, 0.1) is 5.82 Å². The van der Waals surface area contributed by atoms with Crippen molar-refractivity contribution in [1.82, 2.24) is 14.7 Å². The van der Waals surface area contributed by atoms with Crippen LogP contribution in [-0.2, 0) is 9.59 Å².